The van der Waals surface area contributed by atoms with Crippen molar-refractivity contribution in [2.75, 3.05) is 0 Å². The summed E-state index contributed by atoms with van der Waals surface area (Å²) in [5.74, 6) is 0. The summed E-state index contributed by atoms with van der Waals surface area (Å²) in [6.07, 6.45) is 0. The maximum atomic E-state index is 4.86. The Bertz CT molecular complexity index is 624. The van der Waals surface area contributed by atoms with E-state index in [9.17, 15) is 0 Å². The number of nitrogens with zero attached hydrogens (tertiary/aromatic N) is 2. The summed E-state index contributed by atoms with van der Waals surface area (Å²) < 4.78 is 0. The molecule has 0 aliphatic rings. The van der Waals surface area contributed by atoms with Crippen LogP contribution in [0.25, 0.3) is 11.4 Å². The number of aryl methyl sites for hydroxylation is 2. The summed E-state index contributed by atoms with van der Waals surface area (Å²) in [5.41, 5.74) is 6.70. The van der Waals surface area contributed by atoms with Gasteiger partial charge in [0.2, 0.25) is 0 Å². The van der Waals surface area contributed by atoms with Gasteiger partial charge in [0.05, 0.1) is 11.4 Å². The summed E-state index contributed by atoms with van der Waals surface area (Å²) in [7, 11) is 0. The van der Waals surface area contributed by atoms with Crippen LogP contribution in [0.3, 0.4) is 0 Å². The zero-order chi connectivity index (χ0) is 16.7. The SMILES string of the molecule is Cc1ccc(C(C)(C)C)c(-c2nc(C)ccc2C(C)(C)C)n1. The second-order valence-electron chi connectivity index (χ2n) is 8.20. The summed E-state index contributed by atoms with van der Waals surface area (Å²) >= 11 is 0. The number of pyridine rings is 2. The molecular formula is C20H28N2. The van der Waals surface area contributed by atoms with Gasteiger partial charge in [-0.3, -0.25) is 9.97 Å². The Balaban J connectivity index is 2.82. The van der Waals surface area contributed by atoms with Gasteiger partial charge in [-0.15, -0.1) is 0 Å². The molecule has 0 saturated heterocycles. The molecule has 0 unspecified atom stereocenters. The van der Waals surface area contributed by atoms with Crippen LogP contribution >= 0.6 is 0 Å². The standard InChI is InChI=1S/C20H28N2/c1-13-9-11-15(19(3,4)5)17(21-13)18-16(20(6,7)8)12-10-14(2)22-18/h9-12H,1-8H3. The zero-order valence-electron chi connectivity index (χ0n) is 15.2. The topological polar surface area (TPSA) is 25.8 Å². The van der Waals surface area contributed by atoms with Crippen LogP contribution in [-0.4, -0.2) is 9.97 Å². The van der Waals surface area contributed by atoms with E-state index in [0.29, 0.717) is 0 Å². The molecule has 0 bridgehead atoms. The minimum Gasteiger partial charge on any atom is -0.251 e. The van der Waals surface area contributed by atoms with Crippen LogP contribution in [0.2, 0.25) is 0 Å². The van der Waals surface area contributed by atoms with Crippen molar-refractivity contribution in [3.05, 3.63) is 46.8 Å². The molecule has 0 spiro atoms. The quantitative estimate of drug-likeness (QED) is 0.708. The molecule has 0 atom stereocenters. The molecule has 0 aliphatic heterocycles. The van der Waals surface area contributed by atoms with E-state index < -0.39 is 0 Å². The van der Waals surface area contributed by atoms with Crippen LogP contribution in [0.5, 0.6) is 0 Å². The smallest absolute Gasteiger partial charge is 0.0929 e. The first-order valence-electron chi connectivity index (χ1n) is 7.97. The Labute approximate surface area is 135 Å². The Morgan fingerprint density at radius 1 is 0.591 bits per heavy atom. The van der Waals surface area contributed by atoms with E-state index >= 15 is 0 Å². The van der Waals surface area contributed by atoms with Gasteiger partial charge in [-0.05, 0) is 47.9 Å². The van der Waals surface area contributed by atoms with E-state index in [1.165, 1.54) is 11.1 Å². The Kier molecular flexibility index (Phi) is 4.16. The molecule has 2 rings (SSSR count). The van der Waals surface area contributed by atoms with E-state index in [0.717, 1.165) is 22.8 Å². The Morgan fingerprint density at radius 3 is 1.18 bits per heavy atom. The van der Waals surface area contributed by atoms with Gasteiger partial charge in [0.15, 0.2) is 0 Å². The van der Waals surface area contributed by atoms with Crippen LogP contribution < -0.4 is 0 Å². The van der Waals surface area contributed by atoms with Gasteiger partial charge in [-0.2, -0.15) is 0 Å². The highest BCUT2D eigenvalue weighted by molar-refractivity contribution is 5.66. The maximum absolute atomic E-state index is 4.86. The molecule has 2 heterocycles. The van der Waals surface area contributed by atoms with Crippen molar-refractivity contribution in [1.29, 1.82) is 0 Å². The molecule has 0 radical (unpaired) electrons. The fourth-order valence-electron chi connectivity index (χ4n) is 2.68. The average Bonchev–Trinajstić information content (AvgIpc) is 2.35. The number of aromatic nitrogens is 2. The molecule has 22 heavy (non-hydrogen) atoms. The van der Waals surface area contributed by atoms with Gasteiger partial charge in [0.1, 0.15) is 0 Å². The average molecular weight is 296 g/mol. The van der Waals surface area contributed by atoms with Crippen LogP contribution in [0.1, 0.15) is 64.1 Å². The molecule has 2 nitrogen and oxygen atoms in total. The monoisotopic (exact) mass is 296 g/mol. The molecule has 0 aliphatic carbocycles. The lowest BCUT2D eigenvalue weighted by molar-refractivity contribution is 0.580. The van der Waals surface area contributed by atoms with Crippen molar-refractivity contribution in [2.45, 2.75) is 66.2 Å². The van der Waals surface area contributed by atoms with Gasteiger partial charge in [-0.1, -0.05) is 53.7 Å². The Morgan fingerprint density at radius 2 is 0.909 bits per heavy atom. The van der Waals surface area contributed by atoms with Gasteiger partial charge in [-0.25, -0.2) is 0 Å². The van der Waals surface area contributed by atoms with Crippen molar-refractivity contribution < 1.29 is 0 Å². The second kappa shape index (κ2) is 5.49. The molecule has 2 aromatic heterocycles. The molecule has 0 saturated carbocycles. The molecule has 2 heteroatoms. The third-order valence-corrected chi connectivity index (χ3v) is 3.91. The van der Waals surface area contributed by atoms with Crippen LogP contribution in [0.15, 0.2) is 24.3 Å². The maximum Gasteiger partial charge on any atom is 0.0929 e. The van der Waals surface area contributed by atoms with E-state index in [4.69, 9.17) is 9.97 Å². The lowest BCUT2D eigenvalue weighted by Gasteiger charge is -2.26. The van der Waals surface area contributed by atoms with Gasteiger partial charge in [0.25, 0.3) is 0 Å². The molecule has 0 amide bonds. The number of hydrogen-bond acceptors (Lipinski definition) is 2. The first-order chi connectivity index (χ1) is 10.00. The minimum atomic E-state index is 0.0383. The van der Waals surface area contributed by atoms with Gasteiger partial charge in [0, 0.05) is 11.4 Å². The third-order valence-electron chi connectivity index (χ3n) is 3.91. The lowest BCUT2D eigenvalue weighted by Crippen LogP contribution is -2.18. The summed E-state index contributed by atoms with van der Waals surface area (Å²) in [6, 6.07) is 8.59. The normalized spacial score (nSPS) is 12.5. The van der Waals surface area contributed by atoms with Crippen LogP contribution in [0, 0.1) is 13.8 Å². The summed E-state index contributed by atoms with van der Waals surface area (Å²) in [4.78, 5) is 9.73. The van der Waals surface area contributed by atoms with E-state index in [2.05, 4.69) is 65.8 Å². The number of hydrogen-bond donors (Lipinski definition) is 0. The van der Waals surface area contributed by atoms with E-state index in [-0.39, 0.29) is 10.8 Å². The highest BCUT2D eigenvalue weighted by Crippen LogP contribution is 2.36. The molecule has 0 aromatic carbocycles. The highest BCUT2D eigenvalue weighted by atomic mass is 14.8. The van der Waals surface area contributed by atoms with Crippen LogP contribution in [-0.2, 0) is 10.8 Å². The minimum absolute atomic E-state index is 0.0383. The first kappa shape index (κ1) is 16.7. The predicted octanol–water partition coefficient (Wildman–Crippen LogP) is 5.36. The van der Waals surface area contributed by atoms with Crippen LogP contribution in [0.4, 0.5) is 0 Å². The van der Waals surface area contributed by atoms with Gasteiger partial charge >= 0.3 is 0 Å². The molecule has 2 aromatic rings. The summed E-state index contributed by atoms with van der Waals surface area (Å²) in [6.45, 7) is 17.5. The zero-order valence-corrected chi connectivity index (χ0v) is 15.2. The molecular weight excluding hydrogens is 268 g/mol. The van der Waals surface area contributed by atoms with Crippen molar-refractivity contribution >= 4 is 0 Å². The number of rotatable bonds is 1. The lowest BCUT2D eigenvalue weighted by atomic mass is 9.80. The second-order valence-corrected chi connectivity index (χ2v) is 8.20. The van der Waals surface area contributed by atoms with Crippen molar-refractivity contribution in [3.63, 3.8) is 0 Å². The molecule has 0 N–H and O–H groups in total. The van der Waals surface area contributed by atoms with Gasteiger partial charge < -0.3 is 0 Å². The van der Waals surface area contributed by atoms with Crippen molar-refractivity contribution in [2.24, 2.45) is 0 Å². The predicted molar refractivity (Wildman–Crippen MR) is 94.3 cm³/mol. The largest absolute Gasteiger partial charge is 0.251 e. The summed E-state index contributed by atoms with van der Waals surface area (Å²) in [5, 5.41) is 0. The highest BCUT2D eigenvalue weighted by Gasteiger charge is 2.26. The molecule has 0 fully saturated rings. The first-order valence-corrected chi connectivity index (χ1v) is 7.97. The molecule has 118 valence electrons. The van der Waals surface area contributed by atoms with Crippen molar-refractivity contribution in [1.82, 2.24) is 9.97 Å². The van der Waals surface area contributed by atoms with Crippen molar-refractivity contribution in [3.8, 4) is 11.4 Å². The fourth-order valence-corrected chi connectivity index (χ4v) is 2.68. The van der Waals surface area contributed by atoms with E-state index in [1.54, 1.807) is 0 Å². The Hall–Kier alpha value is -1.70. The third kappa shape index (κ3) is 3.37. The fraction of sp³-hybridized carbons (Fsp3) is 0.500. The van der Waals surface area contributed by atoms with E-state index in [1.807, 2.05) is 13.8 Å².